The first-order chi connectivity index (χ1) is 8.32. The van der Waals surface area contributed by atoms with Crippen molar-refractivity contribution in [3.05, 3.63) is 23.5 Å². The largest absolute Gasteiger partial charge is 0.378 e. The van der Waals surface area contributed by atoms with Gasteiger partial charge in [-0.1, -0.05) is 13.8 Å². The zero-order valence-electron chi connectivity index (χ0n) is 10.5. The van der Waals surface area contributed by atoms with Gasteiger partial charge in [-0.15, -0.1) is 0 Å². The van der Waals surface area contributed by atoms with Crippen LogP contribution in [-0.2, 0) is 0 Å². The minimum atomic E-state index is -1.65. The summed E-state index contributed by atoms with van der Waals surface area (Å²) in [6, 6.07) is -0.294. The Kier molecular flexibility index (Phi) is 4.93. The number of nitrogens with zero attached hydrogens (tertiary/aromatic N) is 1. The highest BCUT2D eigenvalue weighted by Crippen LogP contribution is 2.23. The molecular weight excluding hydrogens is 248 g/mol. The van der Waals surface area contributed by atoms with Crippen molar-refractivity contribution in [2.45, 2.75) is 39.7 Å². The van der Waals surface area contributed by atoms with Crippen molar-refractivity contribution in [2.24, 2.45) is 5.92 Å². The molecule has 0 amide bonds. The molecule has 1 rings (SSSR count). The van der Waals surface area contributed by atoms with Gasteiger partial charge >= 0.3 is 0 Å². The summed E-state index contributed by atoms with van der Waals surface area (Å²) in [5.74, 6) is -5.84. The van der Waals surface area contributed by atoms with Crippen LogP contribution in [0.15, 0.2) is 0 Å². The number of hydrogen-bond donors (Lipinski definition) is 1. The van der Waals surface area contributed by atoms with E-state index in [0.29, 0.717) is 12.3 Å². The third kappa shape index (κ3) is 3.58. The van der Waals surface area contributed by atoms with E-state index < -0.39 is 29.2 Å². The molecule has 0 bridgehead atoms. The number of nitrogens with one attached hydrogen (secondary N) is 1. The van der Waals surface area contributed by atoms with E-state index in [0.717, 1.165) is 6.42 Å². The Morgan fingerprint density at radius 3 is 1.89 bits per heavy atom. The maximum absolute atomic E-state index is 13.3. The monoisotopic (exact) mass is 264 g/mol. The second kappa shape index (κ2) is 6.02. The van der Waals surface area contributed by atoms with Crippen LogP contribution in [0.4, 0.5) is 23.2 Å². The molecule has 1 aromatic heterocycles. The molecule has 1 unspecified atom stereocenters. The van der Waals surface area contributed by atoms with Gasteiger partial charge in [-0.05, 0) is 25.7 Å². The second-order valence-electron chi connectivity index (χ2n) is 4.71. The fraction of sp³-hybridized carbons (Fsp3) is 0.583. The summed E-state index contributed by atoms with van der Waals surface area (Å²) >= 11 is 0. The van der Waals surface area contributed by atoms with Gasteiger partial charge in [-0.3, -0.25) is 0 Å². The van der Waals surface area contributed by atoms with Crippen LogP contribution >= 0.6 is 0 Å². The highest BCUT2D eigenvalue weighted by Gasteiger charge is 2.21. The summed E-state index contributed by atoms with van der Waals surface area (Å²) in [5.41, 5.74) is -0.795. The van der Waals surface area contributed by atoms with E-state index >= 15 is 0 Å². The van der Waals surface area contributed by atoms with Crippen LogP contribution in [0.5, 0.6) is 0 Å². The van der Waals surface area contributed by atoms with Crippen LogP contribution in [0.25, 0.3) is 0 Å². The average Bonchev–Trinajstić information content (AvgIpc) is 2.29. The third-order valence-corrected chi connectivity index (χ3v) is 2.57. The van der Waals surface area contributed by atoms with E-state index in [4.69, 9.17) is 0 Å². The van der Waals surface area contributed by atoms with Gasteiger partial charge in [0.2, 0.25) is 11.6 Å². The molecule has 0 aromatic carbocycles. The van der Waals surface area contributed by atoms with Crippen molar-refractivity contribution in [3.63, 3.8) is 0 Å². The number of halogens is 4. The molecule has 0 fully saturated rings. The Morgan fingerprint density at radius 2 is 1.44 bits per heavy atom. The molecule has 0 aliphatic rings. The zero-order valence-corrected chi connectivity index (χ0v) is 10.5. The lowest BCUT2D eigenvalue weighted by molar-refractivity contribution is 0.408. The van der Waals surface area contributed by atoms with Crippen LogP contribution in [0.3, 0.4) is 0 Å². The molecule has 1 heterocycles. The number of pyridine rings is 1. The van der Waals surface area contributed by atoms with Gasteiger partial charge in [0.15, 0.2) is 0 Å². The van der Waals surface area contributed by atoms with Crippen LogP contribution < -0.4 is 5.32 Å². The van der Waals surface area contributed by atoms with Gasteiger partial charge in [0.1, 0.15) is 5.69 Å². The Hall–Kier alpha value is -1.33. The predicted octanol–water partition coefficient (Wildman–Crippen LogP) is 3.87. The lowest BCUT2D eigenvalue weighted by Crippen LogP contribution is -2.19. The van der Waals surface area contributed by atoms with Crippen molar-refractivity contribution in [3.8, 4) is 0 Å². The lowest BCUT2D eigenvalue weighted by Gasteiger charge is -2.17. The molecule has 0 spiro atoms. The van der Waals surface area contributed by atoms with E-state index in [1.54, 1.807) is 6.92 Å². The lowest BCUT2D eigenvalue weighted by atomic mass is 10.0. The molecule has 0 aliphatic heterocycles. The highest BCUT2D eigenvalue weighted by molar-refractivity contribution is 5.46. The molecule has 0 saturated carbocycles. The zero-order chi connectivity index (χ0) is 13.9. The first-order valence-corrected chi connectivity index (χ1v) is 5.79. The molecular formula is C12H16F4N2. The quantitative estimate of drug-likeness (QED) is 0.645. The fourth-order valence-electron chi connectivity index (χ4n) is 1.52. The van der Waals surface area contributed by atoms with Crippen molar-refractivity contribution in [1.29, 1.82) is 0 Å². The SMILES string of the molecule is CC(C)CCC(C)Nc1c(F)c(F)nc(F)c1F. The molecule has 0 radical (unpaired) electrons. The molecule has 18 heavy (non-hydrogen) atoms. The molecule has 1 atom stereocenters. The van der Waals surface area contributed by atoms with Crippen LogP contribution in [0.1, 0.15) is 33.6 Å². The topological polar surface area (TPSA) is 24.9 Å². The molecule has 6 heteroatoms. The molecule has 0 saturated heterocycles. The van der Waals surface area contributed by atoms with E-state index in [1.165, 1.54) is 0 Å². The van der Waals surface area contributed by atoms with E-state index in [1.807, 2.05) is 13.8 Å². The average molecular weight is 264 g/mol. The summed E-state index contributed by atoms with van der Waals surface area (Å²) in [6.45, 7) is 5.72. The number of aromatic nitrogens is 1. The van der Waals surface area contributed by atoms with Crippen molar-refractivity contribution < 1.29 is 17.6 Å². The summed E-state index contributed by atoms with van der Waals surface area (Å²) < 4.78 is 52.3. The van der Waals surface area contributed by atoms with Crippen molar-refractivity contribution >= 4 is 5.69 Å². The molecule has 102 valence electrons. The van der Waals surface area contributed by atoms with Crippen LogP contribution in [-0.4, -0.2) is 11.0 Å². The third-order valence-electron chi connectivity index (χ3n) is 2.57. The molecule has 1 aromatic rings. The minimum Gasteiger partial charge on any atom is -0.378 e. The van der Waals surface area contributed by atoms with Crippen LogP contribution in [0, 0.1) is 29.4 Å². The van der Waals surface area contributed by atoms with E-state index in [-0.39, 0.29) is 6.04 Å². The molecule has 1 N–H and O–H groups in total. The maximum atomic E-state index is 13.3. The summed E-state index contributed by atoms with van der Waals surface area (Å²) in [6.07, 6.45) is 1.48. The summed E-state index contributed by atoms with van der Waals surface area (Å²) in [5, 5.41) is 2.45. The summed E-state index contributed by atoms with van der Waals surface area (Å²) in [7, 11) is 0. The van der Waals surface area contributed by atoms with Gasteiger partial charge < -0.3 is 5.32 Å². The first kappa shape index (κ1) is 14.7. The number of hydrogen-bond acceptors (Lipinski definition) is 2. The molecule has 0 aliphatic carbocycles. The standard InChI is InChI=1S/C12H16F4N2/c1-6(2)4-5-7(3)17-10-8(13)11(15)18-12(16)9(10)14/h6-7H,4-5H2,1-3H3,(H,17,18). The highest BCUT2D eigenvalue weighted by atomic mass is 19.2. The first-order valence-electron chi connectivity index (χ1n) is 5.79. The van der Waals surface area contributed by atoms with Crippen molar-refractivity contribution in [1.82, 2.24) is 4.98 Å². The Labute approximate surface area is 103 Å². The van der Waals surface area contributed by atoms with E-state index in [2.05, 4.69) is 10.3 Å². The van der Waals surface area contributed by atoms with Gasteiger partial charge in [-0.2, -0.15) is 22.5 Å². The van der Waals surface area contributed by atoms with Gasteiger partial charge in [0.25, 0.3) is 11.9 Å². The van der Waals surface area contributed by atoms with Gasteiger partial charge in [0, 0.05) is 6.04 Å². The number of anilines is 1. The normalized spacial score (nSPS) is 12.9. The van der Waals surface area contributed by atoms with E-state index in [9.17, 15) is 17.6 Å². The Morgan fingerprint density at radius 1 is 0.944 bits per heavy atom. The Bertz CT molecular complexity index is 395. The van der Waals surface area contributed by atoms with Crippen LogP contribution in [0.2, 0.25) is 0 Å². The Balaban J connectivity index is 2.84. The fourth-order valence-corrected chi connectivity index (χ4v) is 1.52. The molecule has 2 nitrogen and oxygen atoms in total. The van der Waals surface area contributed by atoms with Crippen molar-refractivity contribution in [2.75, 3.05) is 5.32 Å². The predicted molar refractivity (Wildman–Crippen MR) is 61.2 cm³/mol. The van der Waals surface area contributed by atoms with Gasteiger partial charge in [-0.25, -0.2) is 0 Å². The summed E-state index contributed by atoms with van der Waals surface area (Å²) in [4.78, 5) is 2.49. The minimum absolute atomic E-state index is 0.294. The maximum Gasteiger partial charge on any atom is 0.253 e. The number of rotatable bonds is 5. The van der Waals surface area contributed by atoms with Gasteiger partial charge in [0.05, 0.1) is 0 Å². The smallest absolute Gasteiger partial charge is 0.253 e. The second-order valence-corrected chi connectivity index (χ2v) is 4.71.